The van der Waals surface area contributed by atoms with E-state index < -0.39 is 40.5 Å². The van der Waals surface area contributed by atoms with E-state index >= 15 is 4.39 Å². The Bertz CT molecular complexity index is 1020. The molecule has 0 aromatic heterocycles. The van der Waals surface area contributed by atoms with E-state index in [0.717, 1.165) is 5.57 Å². The number of rotatable bonds is 6. The molecule has 0 spiro atoms. The molecule has 4 aliphatic carbocycles. The minimum atomic E-state index is -1.91. The molecule has 2 fully saturated rings. The van der Waals surface area contributed by atoms with Crippen LogP contribution >= 0.6 is 0 Å². The molecule has 0 bridgehead atoms. The van der Waals surface area contributed by atoms with Crippen LogP contribution in [0.15, 0.2) is 35.5 Å². The van der Waals surface area contributed by atoms with Crippen LogP contribution in [0, 0.1) is 22.7 Å². The summed E-state index contributed by atoms with van der Waals surface area (Å²) in [6, 6.07) is 0. The predicted molar refractivity (Wildman–Crippen MR) is 122 cm³/mol. The number of alkyl halides is 1. The maximum atomic E-state index is 17.7. The van der Waals surface area contributed by atoms with E-state index in [9.17, 15) is 19.2 Å². The van der Waals surface area contributed by atoms with Crippen LogP contribution in [0.1, 0.15) is 66.2 Å². The normalized spacial score (nSPS) is 38.1. The Kier molecular flexibility index (Phi) is 6.19. The van der Waals surface area contributed by atoms with Gasteiger partial charge in [-0.15, -0.1) is 0 Å². The highest BCUT2D eigenvalue weighted by Gasteiger charge is 2.71. The third-order valence-corrected chi connectivity index (χ3v) is 8.63. The lowest BCUT2D eigenvalue weighted by Gasteiger charge is -2.62. The number of esters is 2. The van der Waals surface area contributed by atoms with Crippen LogP contribution in [-0.4, -0.2) is 41.9 Å². The molecule has 0 saturated heterocycles. The number of hydrogen-bond acceptors (Lipinski definition) is 6. The number of ketones is 2. The molecule has 0 N–H and O–H groups in total. The number of fused-ring (bicyclic) bond motifs is 5. The van der Waals surface area contributed by atoms with E-state index in [0.29, 0.717) is 31.3 Å². The van der Waals surface area contributed by atoms with Crippen molar-refractivity contribution in [3.63, 3.8) is 0 Å². The van der Waals surface area contributed by atoms with Gasteiger partial charge >= 0.3 is 11.9 Å². The van der Waals surface area contributed by atoms with E-state index in [4.69, 9.17) is 9.47 Å². The highest BCUT2D eigenvalue weighted by molar-refractivity contribution is 6.01. The highest BCUT2D eigenvalue weighted by Crippen LogP contribution is 2.68. The Balaban J connectivity index is 1.75. The lowest BCUT2D eigenvalue weighted by atomic mass is 9.45. The smallest absolute Gasteiger partial charge is 0.306 e. The van der Waals surface area contributed by atoms with Gasteiger partial charge < -0.3 is 9.47 Å². The van der Waals surface area contributed by atoms with E-state index in [-0.39, 0.29) is 36.9 Å². The van der Waals surface area contributed by atoms with Crippen LogP contribution in [0.5, 0.6) is 0 Å². The summed E-state index contributed by atoms with van der Waals surface area (Å²) in [6.07, 6.45) is 7.87. The first-order valence-electron chi connectivity index (χ1n) is 12.2. The molecule has 0 aliphatic heterocycles. The first-order chi connectivity index (χ1) is 16.0. The van der Waals surface area contributed by atoms with Crippen molar-refractivity contribution in [1.29, 1.82) is 0 Å². The van der Waals surface area contributed by atoms with Crippen molar-refractivity contribution in [3.8, 4) is 0 Å². The third-order valence-electron chi connectivity index (χ3n) is 8.63. The summed E-state index contributed by atoms with van der Waals surface area (Å²) in [4.78, 5) is 48.9. The molecule has 0 aromatic carbocycles. The number of Topliss-reactive ketones (excluding diaryl/α,β-unsaturated/α-hetero) is 1. The van der Waals surface area contributed by atoms with Gasteiger partial charge in [-0.25, -0.2) is 4.39 Å². The molecule has 0 amide bonds. The molecule has 7 heteroatoms. The number of carbonyl (C=O) groups is 4. The molecule has 34 heavy (non-hydrogen) atoms. The van der Waals surface area contributed by atoms with Crippen LogP contribution in [0.25, 0.3) is 0 Å². The van der Waals surface area contributed by atoms with E-state index in [1.54, 1.807) is 13.0 Å². The average Bonchev–Trinajstić information content (AvgIpc) is 3.10. The lowest BCUT2D eigenvalue weighted by Crippen LogP contribution is -2.67. The average molecular weight is 473 g/mol. The molecular weight excluding hydrogens is 439 g/mol. The fourth-order valence-electron chi connectivity index (χ4n) is 6.97. The van der Waals surface area contributed by atoms with Crippen LogP contribution < -0.4 is 0 Å². The summed E-state index contributed by atoms with van der Waals surface area (Å²) < 4.78 is 28.5. The first-order valence-corrected chi connectivity index (χ1v) is 12.2. The third kappa shape index (κ3) is 3.59. The first kappa shape index (κ1) is 24.6. The maximum absolute atomic E-state index is 17.7. The largest absolute Gasteiger partial charge is 0.459 e. The second-order valence-corrected chi connectivity index (χ2v) is 10.5. The summed E-state index contributed by atoms with van der Waals surface area (Å²) in [5, 5.41) is 0. The van der Waals surface area contributed by atoms with E-state index in [1.807, 2.05) is 19.9 Å². The molecule has 0 heterocycles. The Labute approximate surface area is 199 Å². The molecule has 184 valence electrons. The monoisotopic (exact) mass is 472 g/mol. The molecule has 4 rings (SSSR count). The van der Waals surface area contributed by atoms with Gasteiger partial charge in [0, 0.05) is 35.7 Å². The number of halogens is 1. The zero-order valence-electron chi connectivity index (χ0n) is 20.3. The standard InChI is InChI=1S/C27H33FO6/c1-5-6-24(32)34-23-14-25(3)19(9-10-21(25)22(31)15-33-16(2)29)20-8-7-17-13-18(30)11-12-26(17,4)27(20,23)28/h10-13,19-20,23H,5-9,14-15H2,1-4H3/t19?,20?,23?,25-,26-,27-/m0/s1. The minimum Gasteiger partial charge on any atom is -0.459 e. The second-order valence-electron chi connectivity index (χ2n) is 10.5. The molecule has 6 nitrogen and oxygen atoms in total. The van der Waals surface area contributed by atoms with Gasteiger partial charge in [-0.3, -0.25) is 19.2 Å². The lowest BCUT2D eigenvalue weighted by molar-refractivity contribution is -0.207. The van der Waals surface area contributed by atoms with Crippen LogP contribution in [0.2, 0.25) is 0 Å². The zero-order chi connectivity index (χ0) is 24.9. The Morgan fingerprint density at radius 3 is 2.62 bits per heavy atom. The van der Waals surface area contributed by atoms with E-state index in [1.165, 1.54) is 19.1 Å². The summed E-state index contributed by atoms with van der Waals surface area (Å²) in [5.74, 6) is -2.09. The van der Waals surface area contributed by atoms with Gasteiger partial charge in [0.1, 0.15) is 6.10 Å². The van der Waals surface area contributed by atoms with Crippen molar-refractivity contribution in [2.24, 2.45) is 22.7 Å². The predicted octanol–water partition coefficient (Wildman–Crippen LogP) is 4.38. The van der Waals surface area contributed by atoms with E-state index in [2.05, 4.69) is 0 Å². The minimum absolute atomic E-state index is 0.155. The summed E-state index contributed by atoms with van der Waals surface area (Å²) >= 11 is 0. The highest BCUT2D eigenvalue weighted by atomic mass is 19.1. The summed E-state index contributed by atoms with van der Waals surface area (Å²) in [6.45, 7) is 6.49. The number of carbonyl (C=O) groups excluding carboxylic acids is 4. The number of hydrogen-bond donors (Lipinski definition) is 0. The molecule has 2 saturated carbocycles. The second kappa shape index (κ2) is 8.58. The SMILES string of the molecule is CCCC(=O)OC1C[C@]2(C)C(C(=O)COC(C)=O)=CCC2C2CCC3=CC(=O)C=C[C@]3(C)[C@@]12F. The topological polar surface area (TPSA) is 86.7 Å². The fourth-order valence-corrected chi connectivity index (χ4v) is 6.97. The van der Waals surface area contributed by atoms with Crippen LogP contribution in [0.3, 0.4) is 0 Å². The zero-order valence-corrected chi connectivity index (χ0v) is 20.3. The molecule has 4 aliphatic rings. The van der Waals surface area contributed by atoms with Gasteiger partial charge in [-0.05, 0) is 57.1 Å². The molecule has 6 atom stereocenters. The van der Waals surface area contributed by atoms with Gasteiger partial charge in [0.05, 0.1) is 0 Å². The number of allylic oxidation sites excluding steroid dienone is 5. The summed E-state index contributed by atoms with van der Waals surface area (Å²) in [7, 11) is 0. The van der Waals surface area contributed by atoms with Crippen molar-refractivity contribution in [2.45, 2.75) is 78.0 Å². The van der Waals surface area contributed by atoms with Crippen molar-refractivity contribution in [2.75, 3.05) is 6.61 Å². The van der Waals surface area contributed by atoms with Gasteiger partial charge in [-0.2, -0.15) is 0 Å². The summed E-state index contributed by atoms with van der Waals surface area (Å²) in [5.41, 5.74) is -2.44. The van der Waals surface area contributed by atoms with Gasteiger partial charge in [-0.1, -0.05) is 31.6 Å². The molecular formula is C27H33FO6. The molecule has 3 unspecified atom stereocenters. The Hall–Kier alpha value is -2.57. The Morgan fingerprint density at radius 2 is 1.94 bits per heavy atom. The van der Waals surface area contributed by atoms with Crippen molar-refractivity contribution >= 4 is 23.5 Å². The molecule has 0 aromatic rings. The molecule has 0 radical (unpaired) electrons. The van der Waals surface area contributed by atoms with Crippen molar-refractivity contribution in [1.82, 2.24) is 0 Å². The van der Waals surface area contributed by atoms with Gasteiger partial charge in [0.2, 0.25) is 0 Å². The fraction of sp³-hybridized carbons (Fsp3) is 0.630. The maximum Gasteiger partial charge on any atom is 0.306 e. The quantitative estimate of drug-likeness (QED) is 0.534. The van der Waals surface area contributed by atoms with Crippen molar-refractivity contribution < 1.29 is 33.0 Å². The number of ether oxygens (including phenoxy) is 2. The van der Waals surface area contributed by atoms with Crippen LogP contribution in [-0.2, 0) is 28.7 Å². The Morgan fingerprint density at radius 1 is 1.21 bits per heavy atom. The van der Waals surface area contributed by atoms with Gasteiger partial charge in [0.25, 0.3) is 0 Å². The van der Waals surface area contributed by atoms with Crippen molar-refractivity contribution in [3.05, 3.63) is 35.5 Å². The van der Waals surface area contributed by atoms with Crippen LogP contribution in [0.4, 0.5) is 4.39 Å². The van der Waals surface area contributed by atoms with Gasteiger partial charge in [0.15, 0.2) is 23.8 Å².